The minimum absolute atomic E-state index is 0.342. The number of benzene rings is 2. The molecule has 1 aliphatic rings. The van der Waals surface area contributed by atoms with Gasteiger partial charge in [-0.1, -0.05) is 34.1 Å². The van der Waals surface area contributed by atoms with Crippen molar-refractivity contribution < 1.29 is 9.31 Å². The molecule has 3 aromatic rings. The first-order valence-electron chi connectivity index (χ1n) is 7.75. The predicted molar refractivity (Wildman–Crippen MR) is 103 cm³/mol. The van der Waals surface area contributed by atoms with Gasteiger partial charge < -0.3 is 9.31 Å². The summed E-state index contributed by atoms with van der Waals surface area (Å²) in [6.07, 6.45) is 0. The van der Waals surface area contributed by atoms with Crippen LogP contribution >= 0.6 is 27.3 Å². The third-order valence-corrected chi connectivity index (χ3v) is 6.85. The minimum Gasteiger partial charge on any atom is -0.399 e. The van der Waals surface area contributed by atoms with Crippen LogP contribution in [0.4, 0.5) is 0 Å². The average molecular weight is 389 g/mol. The fraction of sp³-hybridized carbons (Fsp3) is 0.333. The second kappa shape index (κ2) is 5.06. The molecule has 1 aromatic heterocycles. The molecule has 5 heteroatoms. The molecule has 0 atom stereocenters. The molecule has 2 aromatic carbocycles. The van der Waals surface area contributed by atoms with E-state index in [2.05, 4.69) is 80.0 Å². The molecule has 0 amide bonds. The second-order valence-corrected chi connectivity index (χ2v) is 8.96. The van der Waals surface area contributed by atoms with E-state index >= 15 is 0 Å². The van der Waals surface area contributed by atoms with E-state index in [9.17, 15) is 0 Å². The quantitative estimate of drug-likeness (QED) is 0.539. The molecular formula is C18H18BBrO2S. The van der Waals surface area contributed by atoms with Crippen LogP contribution in [0.2, 0.25) is 0 Å². The molecule has 1 fully saturated rings. The van der Waals surface area contributed by atoms with Crippen LogP contribution < -0.4 is 5.46 Å². The summed E-state index contributed by atoms with van der Waals surface area (Å²) >= 11 is 5.53. The fourth-order valence-corrected chi connectivity index (χ4v) is 4.65. The van der Waals surface area contributed by atoms with E-state index in [-0.39, 0.29) is 18.3 Å². The molecule has 2 heterocycles. The van der Waals surface area contributed by atoms with Crippen LogP contribution in [0.3, 0.4) is 0 Å². The van der Waals surface area contributed by atoms with Gasteiger partial charge in [0.05, 0.1) is 11.2 Å². The lowest BCUT2D eigenvalue weighted by Crippen LogP contribution is -2.41. The Morgan fingerprint density at radius 2 is 1.57 bits per heavy atom. The van der Waals surface area contributed by atoms with E-state index in [0.29, 0.717) is 0 Å². The van der Waals surface area contributed by atoms with Crippen LogP contribution in [0.15, 0.2) is 40.9 Å². The van der Waals surface area contributed by atoms with E-state index in [1.165, 1.54) is 20.2 Å². The van der Waals surface area contributed by atoms with Gasteiger partial charge in [-0.3, -0.25) is 0 Å². The van der Waals surface area contributed by atoms with E-state index in [4.69, 9.17) is 9.31 Å². The lowest BCUT2D eigenvalue weighted by Gasteiger charge is -2.32. The van der Waals surface area contributed by atoms with Crippen molar-refractivity contribution >= 4 is 60.0 Å². The van der Waals surface area contributed by atoms with Crippen LogP contribution in [-0.4, -0.2) is 18.3 Å². The summed E-state index contributed by atoms with van der Waals surface area (Å²) < 4.78 is 16.2. The summed E-state index contributed by atoms with van der Waals surface area (Å²) in [6, 6.07) is 12.8. The summed E-state index contributed by atoms with van der Waals surface area (Å²) in [7, 11) is -0.365. The molecular weight excluding hydrogens is 371 g/mol. The van der Waals surface area contributed by atoms with E-state index in [0.717, 1.165) is 9.94 Å². The Hall–Kier alpha value is -0.875. The lowest BCUT2D eigenvalue weighted by atomic mass is 9.76. The largest absolute Gasteiger partial charge is 0.496 e. The molecule has 0 unspecified atom stereocenters. The Kier molecular flexibility index (Phi) is 3.44. The van der Waals surface area contributed by atoms with Gasteiger partial charge in [0.25, 0.3) is 0 Å². The van der Waals surface area contributed by atoms with Crippen LogP contribution in [0.1, 0.15) is 27.7 Å². The Morgan fingerprint density at radius 3 is 2.26 bits per heavy atom. The number of halogens is 1. The molecule has 1 saturated heterocycles. The maximum Gasteiger partial charge on any atom is 0.496 e. The first-order chi connectivity index (χ1) is 10.8. The van der Waals surface area contributed by atoms with Gasteiger partial charge in [0.15, 0.2) is 0 Å². The molecule has 0 aliphatic carbocycles. The third kappa shape index (κ3) is 2.29. The van der Waals surface area contributed by atoms with Crippen molar-refractivity contribution in [3.8, 4) is 0 Å². The van der Waals surface area contributed by atoms with Crippen molar-refractivity contribution in [1.29, 1.82) is 0 Å². The monoisotopic (exact) mass is 388 g/mol. The van der Waals surface area contributed by atoms with Crippen LogP contribution in [0, 0.1) is 0 Å². The molecule has 0 spiro atoms. The zero-order valence-electron chi connectivity index (χ0n) is 13.6. The van der Waals surface area contributed by atoms with Crippen molar-refractivity contribution in [3.05, 3.63) is 40.9 Å². The smallest absolute Gasteiger partial charge is 0.399 e. The summed E-state index contributed by atoms with van der Waals surface area (Å²) in [5.74, 6) is 0. The van der Waals surface area contributed by atoms with Gasteiger partial charge >= 0.3 is 7.12 Å². The molecule has 1 aliphatic heterocycles. The minimum atomic E-state index is -0.365. The van der Waals surface area contributed by atoms with Gasteiger partial charge in [0.1, 0.15) is 0 Å². The standard InChI is InChI=1S/C18H18BBrO2S/c1-17(2)18(3,4)22-19(21-17)16-12(20)9-10-14-15(16)11-7-5-6-8-13(11)23-14/h5-10H,1-4H3. The van der Waals surface area contributed by atoms with Gasteiger partial charge in [-0.15, -0.1) is 11.3 Å². The SMILES string of the molecule is CC1(C)OB(c2c(Br)ccc3sc4ccccc4c23)OC1(C)C. The van der Waals surface area contributed by atoms with Gasteiger partial charge in [0.2, 0.25) is 0 Å². The lowest BCUT2D eigenvalue weighted by molar-refractivity contribution is 0.00578. The van der Waals surface area contributed by atoms with E-state index < -0.39 is 0 Å². The summed E-state index contributed by atoms with van der Waals surface area (Å²) in [4.78, 5) is 0. The highest BCUT2D eigenvalue weighted by atomic mass is 79.9. The summed E-state index contributed by atoms with van der Waals surface area (Å²) in [5, 5.41) is 2.50. The average Bonchev–Trinajstić information content (AvgIpc) is 2.94. The molecule has 4 rings (SSSR count). The highest BCUT2D eigenvalue weighted by Crippen LogP contribution is 2.40. The highest BCUT2D eigenvalue weighted by molar-refractivity contribution is 9.10. The maximum atomic E-state index is 6.31. The number of thiophene rings is 1. The highest BCUT2D eigenvalue weighted by Gasteiger charge is 2.52. The van der Waals surface area contributed by atoms with Crippen LogP contribution in [0.5, 0.6) is 0 Å². The van der Waals surface area contributed by atoms with Crippen molar-refractivity contribution in [2.24, 2.45) is 0 Å². The number of hydrogen-bond donors (Lipinski definition) is 0. The van der Waals surface area contributed by atoms with E-state index in [1.54, 1.807) is 0 Å². The second-order valence-electron chi connectivity index (χ2n) is 7.02. The number of rotatable bonds is 1. The molecule has 0 bridgehead atoms. The van der Waals surface area contributed by atoms with Crippen LogP contribution in [0.25, 0.3) is 20.2 Å². The Bertz CT molecular complexity index is 900. The first-order valence-corrected chi connectivity index (χ1v) is 9.36. The van der Waals surface area contributed by atoms with Crippen molar-refractivity contribution in [2.45, 2.75) is 38.9 Å². The molecule has 0 saturated carbocycles. The maximum absolute atomic E-state index is 6.31. The van der Waals surface area contributed by atoms with Gasteiger partial charge in [-0.25, -0.2) is 0 Å². The van der Waals surface area contributed by atoms with Crippen LogP contribution in [-0.2, 0) is 9.31 Å². The first kappa shape index (κ1) is 15.6. The Balaban J connectivity index is 1.99. The van der Waals surface area contributed by atoms with Gasteiger partial charge in [-0.05, 0) is 45.9 Å². The van der Waals surface area contributed by atoms with Crippen molar-refractivity contribution in [3.63, 3.8) is 0 Å². The molecule has 118 valence electrons. The van der Waals surface area contributed by atoms with Gasteiger partial charge in [0, 0.05) is 30.1 Å². The Morgan fingerprint density at radius 1 is 0.913 bits per heavy atom. The summed E-state index contributed by atoms with van der Waals surface area (Å²) in [6.45, 7) is 8.36. The van der Waals surface area contributed by atoms with E-state index in [1.807, 2.05) is 11.3 Å². The topological polar surface area (TPSA) is 18.5 Å². The fourth-order valence-electron chi connectivity index (χ4n) is 3.01. The molecule has 23 heavy (non-hydrogen) atoms. The number of fused-ring (bicyclic) bond motifs is 3. The van der Waals surface area contributed by atoms with Gasteiger partial charge in [-0.2, -0.15) is 0 Å². The third-order valence-electron chi connectivity index (χ3n) is 5.02. The Labute approximate surface area is 149 Å². The van der Waals surface area contributed by atoms with Crippen molar-refractivity contribution in [1.82, 2.24) is 0 Å². The molecule has 0 radical (unpaired) electrons. The zero-order valence-corrected chi connectivity index (χ0v) is 16.0. The molecule has 0 N–H and O–H groups in total. The normalized spacial score (nSPS) is 19.8. The van der Waals surface area contributed by atoms with Crippen molar-refractivity contribution in [2.75, 3.05) is 0 Å². The number of hydrogen-bond acceptors (Lipinski definition) is 3. The zero-order chi connectivity index (χ0) is 16.4. The summed E-state index contributed by atoms with van der Waals surface area (Å²) in [5.41, 5.74) is 0.412. The molecule has 2 nitrogen and oxygen atoms in total. The predicted octanol–water partition coefficient (Wildman–Crippen LogP) is 5.12.